The average Bonchev–Trinajstić information content (AvgIpc) is 2.82. The standard InChI is InChI=1S/C25H22ClNO10/c1-34-23(29)10-13-9-21(36-6-5-35-15-7-14(8-15)25(30)31)17(11-19(13)27(32)33)22-12-20(28)16-3-2-4-18(26)24(16)37-22/h2-4,9,11-12,14-15H,5-8,10H2,1H3,(H,30,31)/t14-,15+. The van der Waals surface area contributed by atoms with Crippen LogP contribution >= 0.6 is 11.6 Å². The minimum absolute atomic E-state index is 0.00921. The van der Waals surface area contributed by atoms with Crippen LogP contribution in [-0.4, -0.2) is 48.4 Å². The minimum atomic E-state index is -0.860. The molecule has 0 radical (unpaired) electrons. The summed E-state index contributed by atoms with van der Waals surface area (Å²) in [5, 5.41) is 21.2. The zero-order valence-electron chi connectivity index (χ0n) is 19.6. The summed E-state index contributed by atoms with van der Waals surface area (Å²) in [5.74, 6) is -1.87. The van der Waals surface area contributed by atoms with Crippen LogP contribution in [-0.2, 0) is 25.5 Å². The number of nitro benzene ring substituents is 1. The van der Waals surface area contributed by atoms with Crippen LogP contribution in [0.25, 0.3) is 22.3 Å². The first-order valence-corrected chi connectivity index (χ1v) is 11.6. The molecule has 0 amide bonds. The Bertz CT molecular complexity index is 1430. The Morgan fingerprint density at radius 1 is 1.22 bits per heavy atom. The highest BCUT2D eigenvalue weighted by Gasteiger charge is 2.35. The molecule has 1 fully saturated rings. The van der Waals surface area contributed by atoms with Gasteiger partial charge in [0.05, 0.1) is 53.1 Å². The SMILES string of the molecule is COC(=O)Cc1cc(OCCO[C@H]2C[C@@H](C(=O)O)C2)c(-c2cc(=O)c3cccc(Cl)c3o2)cc1[N+](=O)[O-]. The van der Waals surface area contributed by atoms with E-state index < -0.39 is 28.2 Å². The van der Waals surface area contributed by atoms with Gasteiger partial charge in [-0.1, -0.05) is 17.7 Å². The fourth-order valence-electron chi connectivity index (χ4n) is 4.01. The number of methoxy groups -OCH3 is 1. The number of aliphatic carboxylic acids is 1. The van der Waals surface area contributed by atoms with Crippen molar-refractivity contribution in [3.05, 3.63) is 67.3 Å². The molecule has 1 N–H and O–H groups in total. The molecular formula is C25H22ClNO10. The van der Waals surface area contributed by atoms with Crippen LogP contribution in [0.4, 0.5) is 5.69 Å². The third-order valence-corrected chi connectivity index (χ3v) is 6.35. The Hall–Kier alpha value is -3.96. The Labute approximate surface area is 214 Å². The smallest absolute Gasteiger partial charge is 0.310 e. The first-order chi connectivity index (χ1) is 17.7. The summed E-state index contributed by atoms with van der Waals surface area (Å²) >= 11 is 6.21. The summed E-state index contributed by atoms with van der Waals surface area (Å²) in [6.45, 7) is 0.128. The number of rotatable bonds is 10. The van der Waals surface area contributed by atoms with Gasteiger partial charge in [0, 0.05) is 17.7 Å². The highest BCUT2D eigenvalue weighted by Crippen LogP contribution is 2.38. The number of carbonyl (C=O) groups excluding carboxylic acids is 1. The van der Waals surface area contributed by atoms with Gasteiger partial charge < -0.3 is 23.7 Å². The number of fused-ring (bicyclic) bond motifs is 1. The van der Waals surface area contributed by atoms with E-state index in [-0.39, 0.29) is 70.1 Å². The van der Waals surface area contributed by atoms with Gasteiger partial charge in [-0.25, -0.2) is 0 Å². The van der Waals surface area contributed by atoms with Crippen LogP contribution in [0.5, 0.6) is 5.75 Å². The van der Waals surface area contributed by atoms with E-state index >= 15 is 0 Å². The number of benzene rings is 2. The highest BCUT2D eigenvalue weighted by molar-refractivity contribution is 6.34. The van der Waals surface area contributed by atoms with Crippen LogP contribution in [0.3, 0.4) is 0 Å². The van der Waals surface area contributed by atoms with Gasteiger partial charge in [0.25, 0.3) is 5.69 Å². The quantitative estimate of drug-likeness (QED) is 0.175. The normalized spacial score (nSPS) is 16.7. The van der Waals surface area contributed by atoms with Gasteiger partial charge in [-0.3, -0.25) is 24.5 Å². The fourth-order valence-corrected chi connectivity index (χ4v) is 4.22. The second-order valence-electron chi connectivity index (χ2n) is 8.43. The van der Waals surface area contributed by atoms with Crippen LogP contribution in [0.15, 0.2) is 45.6 Å². The predicted molar refractivity (Wildman–Crippen MR) is 131 cm³/mol. The molecule has 0 atom stereocenters. The number of ether oxygens (including phenoxy) is 3. The van der Waals surface area contributed by atoms with Crippen molar-refractivity contribution in [3.8, 4) is 17.1 Å². The maximum absolute atomic E-state index is 12.7. The molecule has 3 aromatic rings. The molecule has 11 nitrogen and oxygen atoms in total. The van der Waals surface area contributed by atoms with Crippen LogP contribution in [0, 0.1) is 16.0 Å². The van der Waals surface area contributed by atoms with Crippen molar-refractivity contribution in [2.45, 2.75) is 25.4 Å². The maximum atomic E-state index is 12.7. The Kier molecular flexibility index (Phi) is 7.74. The van der Waals surface area contributed by atoms with Gasteiger partial charge in [0.15, 0.2) is 11.0 Å². The molecule has 194 valence electrons. The van der Waals surface area contributed by atoms with E-state index in [1.165, 1.54) is 25.3 Å². The third kappa shape index (κ3) is 5.73. The van der Waals surface area contributed by atoms with Crippen molar-refractivity contribution in [2.24, 2.45) is 5.92 Å². The summed E-state index contributed by atoms with van der Waals surface area (Å²) in [4.78, 5) is 46.7. The van der Waals surface area contributed by atoms with E-state index in [0.29, 0.717) is 12.8 Å². The number of hydrogen-bond acceptors (Lipinski definition) is 9. The molecule has 1 aliphatic rings. The number of nitrogens with zero attached hydrogens (tertiary/aromatic N) is 1. The first kappa shape index (κ1) is 26.1. The molecule has 1 aliphatic carbocycles. The molecule has 1 aromatic heterocycles. The average molecular weight is 532 g/mol. The number of halogens is 1. The molecule has 2 aromatic carbocycles. The van der Waals surface area contributed by atoms with Crippen molar-refractivity contribution >= 4 is 40.2 Å². The topological polar surface area (TPSA) is 155 Å². The lowest BCUT2D eigenvalue weighted by Gasteiger charge is -2.32. The van der Waals surface area contributed by atoms with Gasteiger partial charge in [-0.15, -0.1) is 0 Å². The van der Waals surface area contributed by atoms with E-state index in [4.69, 9.17) is 30.6 Å². The zero-order valence-corrected chi connectivity index (χ0v) is 20.4. The summed E-state index contributed by atoms with van der Waals surface area (Å²) in [5.41, 5.74) is -0.539. The number of hydrogen-bond donors (Lipinski definition) is 1. The lowest BCUT2D eigenvalue weighted by molar-refractivity contribution is -0.385. The molecule has 0 spiro atoms. The molecule has 0 unspecified atom stereocenters. The highest BCUT2D eigenvalue weighted by atomic mass is 35.5. The second-order valence-corrected chi connectivity index (χ2v) is 8.83. The summed E-state index contributed by atoms with van der Waals surface area (Å²) < 4.78 is 22.0. The van der Waals surface area contributed by atoms with E-state index in [0.717, 1.165) is 0 Å². The second kappa shape index (κ2) is 11.0. The Morgan fingerprint density at radius 2 is 1.97 bits per heavy atom. The van der Waals surface area contributed by atoms with Gasteiger partial charge in [0.2, 0.25) is 0 Å². The number of para-hydroxylation sites is 1. The zero-order chi connectivity index (χ0) is 26.7. The molecule has 37 heavy (non-hydrogen) atoms. The van der Waals surface area contributed by atoms with Crippen LogP contribution < -0.4 is 10.2 Å². The van der Waals surface area contributed by atoms with Gasteiger partial charge >= 0.3 is 11.9 Å². The van der Waals surface area contributed by atoms with Crippen molar-refractivity contribution < 1.29 is 38.2 Å². The summed E-state index contributed by atoms with van der Waals surface area (Å²) in [7, 11) is 1.17. The first-order valence-electron chi connectivity index (χ1n) is 11.3. The van der Waals surface area contributed by atoms with Crippen LogP contribution in [0.1, 0.15) is 18.4 Å². The predicted octanol–water partition coefficient (Wildman–Crippen LogP) is 4.00. The van der Waals surface area contributed by atoms with Gasteiger partial charge in [-0.2, -0.15) is 0 Å². The molecule has 4 rings (SSSR count). The van der Waals surface area contributed by atoms with Crippen molar-refractivity contribution in [1.82, 2.24) is 0 Å². The van der Waals surface area contributed by atoms with E-state index in [1.54, 1.807) is 18.2 Å². The Morgan fingerprint density at radius 3 is 2.65 bits per heavy atom. The summed E-state index contributed by atoms with van der Waals surface area (Å²) in [6, 6.07) is 8.36. The van der Waals surface area contributed by atoms with Crippen molar-refractivity contribution in [1.29, 1.82) is 0 Å². The van der Waals surface area contributed by atoms with E-state index in [2.05, 4.69) is 4.74 Å². The molecule has 1 saturated carbocycles. The van der Waals surface area contributed by atoms with E-state index in [9.17, 15) is 24.5 Å². The molecule has 0 saturated heterocycles. The maximum Gasteiger partial charge on any atom is 0.310 e. The number of carbonyl (C=O) groups is 2. The number of carboxylic acids is 1. The largest absolute Gasteiger partial charge is 0.490 e. The number of esters is 1. The van der Waals surface area contributed by atoms with Crippen molar-refractivity contribution in [3.63, 3.8) is 0 Å². The van der Waals surface area contributed by atoms with Crippen molar-refractivity contribution in [2.75, 3.05) is 20.3 Å². The third-order valence-electron chi connectivity index (χ3n) is 6.05. The number of carboxylic acid groups (broad SMARTS) is 1. The fraction of sp³-hybridized carbons (Fsp3) is 0.320. The van der Waals surface area contributed by atoms with E-state index in [1.807, 2.05) is 0 Å². The molecule has 0 bridgehead atoms. The minimum Gasteiger partial charge on any atom is -0.490 e. The summed E-state index contributed by atoms with van der Waals surface area (Å²) in [6.07, 6.45) is 0.234. The monoisotopic (exact) mass is 531 g/mol. The van der Waals surface area contributed by atoms with Gasteiger partial charge in [-0.05, 0) is 31.0 Å². The lowest BCUT2D eigenvalue weighted by Crippen LogP contribution is -2.37. The molecular weight excluding hydrogens is 510 g/mol. The molecule has 0 aliphatic heterocycles. The Balaban J connectivity index is 1.68. The molecule has 1 heterocycles. The molecule has 12 heteroatoms. The van der Waals surface area contributed by atoms with Gasteiger partial charge in [0.1, 0.15) is 18.1 Å². The lowest BCUT2D eigenvalue weighted by atomic mass is 9.82. The number of nitro groups is 1. The van der Waals surface area contributed by atoms with Crippen LogP contribution in [0.2, 0.25) is 5.02 Å².